The van der Waals surface area contributed by atoms with Crippen molar-refractivity contribution in [3.8, 4) is 0 Å². The number of halogens is 3. The third kappa shape index (κ3) is 3.20. The molecule has 0 saturated carbocycles. The summed E-state index contributed by atoms with van der Waals surface area (Å²) in [5.74, 6) is -0.212. The molecule has 0 spiro atoms. The highest BCUT2D eigenvalue weighted by atomic mass is 79.9. The first-order chi connectivity index (χ1) is 8.47. The highest BCUT2D eigenvalue weighted by Gasteiger charge is 2.14. The van der Waals surface area contributed by atoms with Gasteiger partial charge in [-0.05, 0) is 74.5 Å². The topological polar surface area (TPSA) is 26.0 Å². The van der Waals surface area contributed by atoms with Crippen molar-refractivity contribution in [2.75, 3.05) is 0 Å². The first kappa shape index (κ1) is 14.2. The normalized spacial score (nSPS) is 12.7. The van der Waals surface area contributed by atoms with Gasteiger partial charge >= 0.3 is 0 Å². The van der Waals surface area contributed by atoms with Crippen molar-refractivity contribution in [3.63, 3.8) is 0 Å². The minimum atomic E-state index is -0.212. The van der Waals surface area contributed by atoms with Crippen LogP contribution in [0.25, 0.3) is 0 Å². The second-order valence-electron chi connectivity index (χ2n) is 4.15. The van der Waals surface area contributed by atoms with Crippen LogP contribution < -0.4 is 5.73 Å². The Morgan fingerprint density at radius 1 is 1.33 bits per heavy atom. The largest absolute Gasteiger partial charge is 0.323 e. The highest BCUT2D eigenvalue weighted by Crippen LogP contribution is 2.35. The lowest BCUT2D eigenvalue weighted by molar-refractivity contribution is 0.621. The Kier molecular flexibility index (Phi) is 4.59. The highest BCUT2D eigenvalue weighted by molar-refractivity contribution is 9.13. The lowest BCUT2D eigenvalue weighted by Gasteiger charge is -2.11. The molecule has 0 radical (unpaired) electrons. The molecule has 1 heterocycles. The number of nitrogens with two attached hydrogens (primary N) is 1. The van der Waals surface area contributed by atoms with E-state index in [-0.39, 0.29) is 11.9 Å². The molecule has 96 valence electrons. The van der Waals surface area contributed by atoms with Crippen LogP contribution in [-0.4, -0.2) is 0 Å². The second-order valence-corrected chi connectivity index (χ2v) is 7.41. The monoisotopic (exact) mass is 391 g/mol. The van der Waals surface area contributed by atoms with E-state index in [1.807, 2.05) is 13.0 Å². The van der Waals surface area contributed by atoms with Gasteiger partial charge in [-0.25, -0.2) is 4.39 Å². The zero-order valence-electron chi connectivity index (χ0n) is 9.71. The summed E-state index contributed by atoms with van der Waals surface area (Å²) in [5, 5.41) is 0. The van der Waals surface area contributed by atoms with Gasteiger partial charge in [0.05, 0.1) is 3.79 Å². The maximum absolute atomic E-state index is 13.2. The van der Waals surface area contributed by atoms with Gasteiger partial charge in [-0.3, -0.25) is 0 Å². The number of hydrogen-bond acceptors (Lipinski definition) is 2. The zero-order chi connectivity index (χ0) is 13.3. The fourth-order valence-electron chi connectivity index (χ4n) is 1.74. The summed E-state index contributed by atoms with van der Waals surface area (Å²) in [6.45, 7) is 1.97. The van der Waals surface area contributed by atoms with Crippen LogP contribution in [0.2, 0.25) is 0 Å². The van der Waals surface area contributed by atoms with Crippen molar-refractivity contribution in [1.29, 1.82) is 0 Å². The number of aryl methyl sites for hydroxylation is 1. The molecule has 2 N–H and O–H groups in total. The zero-order valence-corrected chi connectivity index (χ0v) is 13.7. The lowest BCUT2D eigenvalue weighted by Crippen LogP contribution is -2.12. The SMILES string of the molecule is Cc1ccc(F)cc1CC(N)c1cc(Br)c(Br)s1. The summed E-state index contributed by atoms with van der Waals surface area (Å²) in [4.78, 5) is 1.08. The Balaban J connectivity index is 2.20. The van der Waals surface area contributed by atoms with Gasteiger partial charge in [0, 0.05) is 15.4 Å². The molecule has 0 amide bonds. The number of thiophene rings is 1. The maximum atomic E-state index is 13.2. The maximum Gasteiger partial charge on any atom is 0.123 e. The molecule has 0 aliphatic heterocycles. The van der Waals surface area contributed by atoms with Crippen LogP contribution in [-0.2, 0) is 6.42 Å². The Labute approximate surface area is 126 Å². The van der Waals surface area contributed by atoms with E-state index in [1.165, 1.54) is 6.07 Å². The van der Waals surface area contributed by atoms with Crippen molar-refractivity contribution < 1.29 is 4.39 Å². The van der Waals surface area contributed by atoms with Crippen molar-refractivity contribution >= 4 is 43.2 Å². The summed E-state index contributed by atoms with van der Waals surface area (Å²) in [5.41, 5.74) is 8.21. The fourth-order valence-corrected chi connectivity index (χ4v) is 3.83. The molecular formula is C13H12Br2FNS. The molecule has 5 heteroatoms. The third-order valence-corrected chi connectivity index (χ3v) is 6.17. The summed E-state index contributed by atoms with van der Waals surface area (Å²) in [6.07, 6.45) is 0.642. The minimum Gasteiger partial charge on any atom is -0.323 e. The molecule has 2 aromatic rings. The lowest BCUT2D eigenvalue weighted by atomic mass is 10.0. The van der Waals surface area contributed by atoms with E-state index in [1.54, 1.807) is 23.5 Å². The molecule has 1 aromatic carbocycles. The Morgan fingerprint density at radius 2 is 2.06 bits per heavy atom. The van der Waals surface area contributed by atoms with Crippen molar-refractivity contribution in [1.82, 2.24) is 0 Å². The Morgan fingerprint density at radius 3 is 2.67 bits per heavy atom. The molecule has 2 rings (SSSR count). The molecule has 0 bridgehead atoms. The van der Waals surface area contributed by atoms with Crippen LogP contribution >= 0.6 is 43.2 Å². The van der Waals surface area contributed by atoms with Crippen LogP contribution in [0.5, 0.6) is 0 Å². The van der Waals surface area contributed by atoms with Gasteiger partial charge in [0.2, 0.25) is 0 Å². The van der Waals surface area contributed by atoms with Gasteiger partial charge in [0.25, 0.3) is 0 Å². The molecular weight excluding hydrogens is 381 g/mol. The predicted molar refractivity (Wildman–Crippen MR) is 81.5 cm³/mol. The van der Waals surface area contributed by atoms with Gasteiger partial charge in [-0.2, -0.15) is 0 Å². The average molecular weight is 393 g/mol. The van der Waals surface area contributed by atoms with E-state index in [9.17, 15) is 4.39 Å². The molecule has 1 aromatic heterocycles. The van der Waals surface area contributed by atoms with E-state index in [2.05, 4.69) is 31.9 Å². The second kappa shape index (κ2) is 5.82. The van der Waals surface area contributed by atoms with Gasteiger partial charge in [0.1, 0.15) is 5.82 Å². The molecule has 1 atom stereocenters. The van der Waals surface area contributed by atoms with E-state index < -0.39 is 0 Å². The van der Waals surface area contributed by atoms with Gasteiger partial charge < -0.3 is 5.73 Å². The van der Waals surface area contributed by atoms with Crippen LogP contribution in [0.4, 0.5) is 4.39 Å². The van der Waals surface area contributed by atoms with Crippen molar-refractivity contribution in [3.05, 3.63) is 54.3 Å². The summed E-state index contributed by atoms with van der Waals surface area (Å²) < 4.78 is 15.3. The quantitative estimate of drug-likeness (QED) is 0.784. The van der Waals surface area contributed by atoms with Crippen LogP contribution in [0, 0.1) is 12.7 Å². The number of benzene rings is 1. The standard InChI is InChI=1S/C13H12Br2FNS/c1-7-2-3-9(16)4-8(7)5-11(17)12-6-10(14)13(15)18-12/h2-4,6,11H,5,17H2,1H3. The van der Waals surface area contributed by atoms with Gasteiger partial charge in [-0.15, -0.1) is 11.3 Å². The van der Waals surface area contributed by atoms with Crippen LogP contribution in [0.3, 0.4) is 0 Å². The molecule has 0 aliphatic rings. The van der Waals surface area contributed by atoms with Crippen LogP contribution in [0.1, 0.15) is 22.0 Å². The smallest absolute Gasteiger partial charge is 0.123 e. The first-order valence-electron chi connectivity index (χ1n) is 5.42. The first-order valence-corrected chi connectivity index (χ1v) is 7.83. The summed E-state index contributed by atoms with van der Waals surface area (Å²) in [7, 11) is 0. The van der Waals surface area contributed by atoms with E-state index in [4.69, 9.17) is 5.73 Å². The fraction of sp³-hybridized carbons (Fsp3) is 0.231. The molecule has 1 nitrogen and oxygen atoms in total. The molecule has 0 saturated heterocycles. The van der Waals surface area contributed by atoms with Crippen LogP contribution in [0.15, 0.2) is 32.5 Å². The molecule has 1 unspecified atom stereocenters. The van der Waals surface area contributed by atoms with Crippen molar-refractivity contribution in [2.24, 2.45) is 5.73 Å². The van der Waals surface area contributed by atoms with Crippen molar-refractivity contribution in [2.45, 2.75) is 19.4 Å². The van der Waals surface area contributed by atoms with E-state index in [0.717, 1.165) is 24.3 Å². The average Bonchev–Trinajstić information content (AvgIpc) is 2.64. The molecule has 0 aliphatic carbocycles. The minimum absolute atomic E-state index is 0.113. The number of rotatable bonds is 3. The summed E-state index contributed by atoms with van der Waals surface area (Å²) >= 11 is 8.50. The third-order valence-electron chi connectivity index (χ3n) is 2.78. The van der Waals surface area contributed by atoms with Gasteiger partial charge in [-0.1, -0.05) is 6.07 Å². The molecule has 0 fully saturated rings. The van der Waals surface area contributed by atoms with E-state index in [0.29, 0.717) is 6.42 Å². The molecule has 18 heavy (non-hydrogen) atoms. The van der Waals surface area contributed by atoms with E-state index >= 15 is 0 Å². The predicted octanol–water partition coefficient (Wildman–Crippen LogP) is 4.96. The Hall–Kier alpha value is -0.230. The summed E-state index contributed by atoms with van der Waals surface area (Å²) in [6, 6.07) is 6.72. The number of hydrogen-bond donors (Lipinski definition) is 1. The Bertz CT molecular complexity index is 549. The van der Waals surface area contributed by atoms with Gasteiger partial charge in [0.15, 0.2) is 0 Å².